The summed E-state index contributed by atoms with van der Waals surface area (Å²) >= 11 is 0. The number of hydrogen-bond acceptors (Lipinski definition) is 3. The molecule has 1 saturated heterocycles. The van der Waals surface area contributed by atoms with E-state index < -0.39 is 6.10 Å². The quantitative estimate of drug-likeness (QED) is 0.890. The summed E-state index contributed by atoms with van der Waals surface area (Å²) in [5.41, 5.74) is 2.04. The van der Waals surface area contributed by atoms with Crippen LogP contribution >= 0.6 is 0 Å². The van der Waals surface area contributed by atoms with Crippen molar-refractivity contribution in [3.63, 3.8) is 0 Å². The van der Waals surface area contributed by atoms with E-state index in [1.807, 2.05) is 12.1 Å². The molecule has 0 aliphatic carbocycles. The summed E-state index contributed by atoms with van der Waals surface area (Å²) in [6.45, 7) is 6.21. The molecule has 1 N–H and O–H groups in total. The third kappa shape index (κ3) is 2.46. The van der Waals surface area contributed by atoms with Crippen LogP contribution in [0.3, 0.4) is 0 Å². The van der Waals surface area contributed by atoms with E-state index in [1.54, 1.807) is 14.0 Å². The number of anilines is 1. The maximum absolute atomic E-state index is 9.99. The third-order valence-electron chi connectivity index (χ3n) is 3.88. The molecule has 0 spiro atoms. The Morgan fingerprint density at radius 3 is 2.83 bits per heavy atom. The minimum Gasteiger partial charge on any atom is -0.496 e. The van der Waals surface area contributed by atoms with Gasteiger partial charge in [-0.2, -0.15) is 0 Å². The van der Waals surface area contributed by atoms with Crippen molar-refractivity contribution < 1.29 is 9.84 Å². The smallest absolute Gasteiger partial charge is 0.126 e. The molecule has 1 aromatic rings. The number of methoxy groups -OCH3 is 1. The van der Waals surface area contributed by atoms with E-state index >= 15 is 0 Å². The molecule has 1 aliphatic heterocycles. The van der Waals surface area contributed by atoms with E-state index in [1.165, 1.54) is 12.8 Å². The average Bonchev–Trinajstić information content (AvgIpc) is 2.86. The number of hydrogen-bond donors (Lipinski definition) is 1. The molecule has 18 heavy (non-hydrogen) atoms. The molecule has 0 amide bonds. The monoisotopic (exact) mass is 249 g/mol. The first-order valence-corrected chi connectivity index (χ1v) is 6.77. The summed E-state index contributed by atoms with van der Waals surface area (Å²) in [5.74, 6) is 1.56. The van der Waals surface area contributed by atoms with E-state index in [9.17, 15) is 5.11 Å². The van der Waals surface area contributed by atoms with E-state index in [4.69, 9.17) is 4.74 Å². The SMILES string of the molecule is CCC1CCN(c2cccc(OC)c2[C@H](C)O)C1. The van der Waals surface area contributed by atoms with Gasteiger partial charge in [0.15, 0.2) is 0 Å². The van der Waals surface area contributed by atoms with E-state index in [0.717, 1.165) is 36.0 Å². The molecule has 0 bridgehead atoms. The molecule has 100 valence electrons. The zero-order valence-electron chi connectivity index (χ0n) is 11.5. The molecular formula is C15H23NO2. The zero-order valence-corrected chi connectivity index (χ0v) is 11.5. The van der Waals surface area contributed by atoms with Crippen LogP contribution in [0.1, 0.15) is 38.4 Å². The van der Waals surface area contributed by atoms with Gasteiger partial charge in [0.2, 0.25) is 0 Å². The Kier molecular flexibility index (Phi) is 4.12. The zero-order chi connectivity index (χ0) is 13.1. The molecule has 1 aromatic carbocycles. The highest BCUT2D eigenvalue weighted by Crippen LogP contribution is 2.37. The predicted molar refractivity (Wildman–Crippen MR) is 74.2 cm³/mol. The van der Waals surface area contributed by atoms with Crippen LogP contribution < -0.4 is 9.64 Å². The summed E-state index contributed by atoms with van der Waals surface area (Å²) in [7, 11) is 1.66. The molecule has 1 heterocycles. The summed E-state index contributed by atoms with van der Waals surface area (Å²) in [6.07, 6.45) is 1.97. The molecule has 3 nitrogen and oxygen atoms in total. The Hall–Kier alpha value is -1.22. The Morgan fingerprint density at radius 1 is 1.50 bits per heavy atom. The van der Waals surface area contributed by atoms with Gasteiger partial charge in [-0.1, -0.05) is 19.4 Å². The van der Waals surface area contributed by atoms with Crippen molar-refractivity contribution in [2.45, 2.75) is 32.8 Å². The lowest BCUT2D eigenvalue weighted by molar-refractivity contribution is 0.194. The van der Waals surface area contributed by atoms with Crippen molar-refractivity contribution in [2.75, 3.05) is 25.1 Å². The second kappa shape index (κ2) is 5.61. The van der Waals surface area contributed by atoms with Gasteiger partial charge in [-0.05, 0) is 31.4 Å². The molecule has 1 aliphatic rings. The Morgan fingerprint density at radius 2 is 2.28 bits per heavy atom. The van der Waals surface area contributed by atoms with Crippen molar-refractivity contribution in [2.24, 2.45) is 5.92 Å². The number of nitrogens with zero attached hydrogens (tertiary/aromatic N) is 1. The van der Waals surface area contributed by atoms with Crippen LogP contribution in [0.25, 0.3) is 0 Å². The molecule has 3 heteroatoms. The van der Waals surface area contributed by atoms with Gasteiger partial charge in [0, 0.05) is 24.3 Å². The first kappa shape index (κ1) is 13.2. The normalized spacial score (nSPS) is 21.1. The maximum Gasteiger partial charge on any atom is 0.126 e. The van der Waals surface area contributed by atoms with Gasteiger partial charge in [0.1, 0.15) is 5.75 Å². The van der Waals surface area contributed by atoms with Gasteiger partial charge in [0.05, 0.1) is 13.2 Å². The molecular weight excluding hydrogens is 226 g/mol. The number of aliphatic hydroxyl groups excluding tert-OH is 1. The van der Waals surface area contributed by atoms with Crippen LogP contribution in [0.15, 0.2) is 18.2 Å². The fourth-order valence-electron chi connectivity index (χ4n) is 2.79. The summed E-state index contributed by atoms with van der Waals surface area (Å²) in [4.78, 5) is 2.37. The molecule has 2 rings (SSSR count). The van der Waals surface area contributed by atoms with Gasteiger partial charge < -0.3 is 14.7 Å². The highest BCUT2D eigenvalue weighted by atomic mass is 16.5. The summed E-state index contributed by atoms with van der Waals surface area (Å²) in [6, 6.07) is 6.00. The van der Waals surface area contributed by atoms with Crippen molar-refractivity contribution in [1.29, 1.82) is 0 Å². The maximum atomic E-state index is 9.99. The lowest BCUT2D eigenvalue weighted by Gasteiger charge is -2.24. The number of aliphatic hydroxyl groups is 1. The largest absolute Gasteiger partial charge is 0.496 e. The Labute approximate surface area is 109 Å². The van der Waals surface area contributed by atoms with Crippen molar-refractivity contribution >= 4 is 5.69 Å². The van der Waals surface area contributed by atoms with E-state index in [0.29, 0.717) is 0 Å². The van der Waals surface area contributed by atoms with Gasteiger partial charge in [-0.15, -0.1) is 0 Å². The number of benzene rings is 1. The Balaban J connectivity index is 2.32. The van der Waals surface area contributed by atoms with Crippen LogP contribution in [-0.2, 0) is 0 Å². The third-order valence-corrected chi connectivity index (χ3v) is 3.88. The van der Waals surface area contributed by atoms with Crippen LogP contribution in [-0.4, -0.2) is 25.3 Å². The highest BCUT2D eigenvalue weighted by Gasteiger charge is 2.25. The molecule has 0 saturated carbocycles. The fourth-order valence-corrected chi connectivity index (χ4v) is 2.79. The minimum absolute atomic E-state index is 0.503. The number of ether oxygens (including phenoxy) is 1. The van der Waals surface area contributed by atoms with Crippen LogP contribution in [0.4, 0.5) is 5.69 Å². The summed E-state index contributed by atoms with van der Waals surface area (Å²) in [5, 5.41) is 9.99. The molecule has 0 radical (unpaired) electrons. The second-order valence-electron chi connectivity index (χ2n) is 5.08. The van der Waals surface area contributed by atoms with E-state index in [-0.39, 0.29) is 0 Å². The lowest BCUT2D eigenvalue weighted by Crippen LogP contribution is -2.21. The van der Waals surface area contributed by atoms with Gasteiger partial charge in [-0.3, -0.25) is 0 Å². The standard InChI is InChI=1S/C15H23NO2/c1-4-12-8-9-16(10-12)13-6-5-7-14(18-3)15(13)11(2)17/h5-7,11-12,17H,4,8-10H2,1-3H3/t11-,12?/m0/s1. The molecule has 1 fully saturated rings. The highest BCUT2D eigenvalue weighted by molar-refractivity contribution is 5.61. The predicted octanol–water partition coefficient (Wildman–Crippen LogP) is 2.98. The first-order valence-electron chi connectivity index (χ1n) is 6.77. The van der Waals surface area contributed by atoms with Gasteiger partial charge >= 0.3 is 0 Å². The fraction of sp³-hybridized carbons (Fsp3) is 0.600. The van der Waals surface area contributed by atoms with Crippen molar-refractivity contribution in [1.82, 2.24) is 0 Å². The van der Waals surface area contributed by atoms with Crippen LogP contribution in [0.5, 0.6) is 5.75 Å². The molecule has 2 atom stereocenters. The van der Waals surface area contributed by atoms with Gasteiger partial charge in [0.25, 0.3) is 0 Å². The molecule has 0 aromatic heterocycles. The van der Waals surface area contributed by atoms with Crippen molar-refractivity contribution in [3.8, 4) is 5.75 Å². The van der Waals surface area contributed by atoms with E-state index in [2.05, 4.69) is 17.9 Å². The second-order valence-corrected chi connectivity index (χ2v) is 5.08. The van der Waals surface area contributed by atoms with Gasteiger partial charge in [-0.25, -0.2) is 0 Å². The number of rotatable bonds is 4. The molecule has 1 unspecified atom stereocenters. The van der Waals surface area contributed by atoms with Crippen LogP contribution in [0.2, 0.25) is 0 Å². The lowest BCUT2D eigenvalue weighted by atomic mass is 10.1. The minimum atomic E-state index is -0.503. The summed E-state index contributed by atoms with van der Waals surface area (Å²) < 4.78 is 5.37. The topological polar surface area (TPSA) is 32.7 Å². The van der Waals surface area contributed by atoms with Crippen LogP contribution in [0, 0.1) is 5.92 Å². The average molecular weight is 249 g/mol. The van der Waals surface area contributed by atoms with Crippen molar-refractivity contribution in [3.05, 3.63) is 23.8 Å². The Bertz CT molecular complexity index is 403. The first-order chi connectivity index (χ1) is 8.67.